The van der Waals surface area contributed by atoms with Crippen molar-refractivity contribution in [2.75, 3.05) is 17.3 Å². The molecule has 1 unspecified atom stereocenters. The number of hydrogen-bond donors (Lipinski definition) is 2. The molecular formula is C15H17BrCl3FN4O2. The van der Waals surface area contributed by atoms with Crippen molar-refractivity contribution < 1.29 is 13.9 Å². The largest absolute Gasteiger partial charge is 0.445 e. The van der Waals surface area contributed by atoms with E-state index in [1.165, 1.54) is 12.1 Å². The number of rotatable bonds is 6. The van der Waals surface area contributed by atoms with Gasteiger partial charge in [-0.05, 0) is 31.5 Å². The third-order valence-corrected chi connectivity index (χ3v) is 3.37. The number of nitrogens with zero attached hydrogens (tertiary/aromatic N) is 2. The fraction of sp³-hybridized carbons (Fsp3) is 0.400. The zero-order valence-electron chi connectivity index (χ0n) is 13.9. The van der Waals surface area contributed by atoms with Crippen LogP contribution in [0.3, 0.4) is 0 Å². The summed E-state index contributed by atoms with van der Waals surface area (Å²) in [6, 6.07) is 3.86. The second kappa shape index (κ2) is 10.9. The summed E-state index contributed by atoms with van der Waals surface area (Å²) in [6.07, 6.45) is 1.58. The van der Waals surface area contributed by atoms with Crippen LogP contribution >= 0.6 is 50.7 Å². The van der Waals surface area contributed by atoms with Crippen LogP contribution in [-0.4, -0.2) is 33.4 Å². The summed E-state index contributed by atoms with van der Waals surface area (Å²) in [4.78, 5) is 15.7. The summed E-state index contributed by atoms with van der Waals surface area (Å²) < 4.78 is 17.0. The van der Waals surface area contributed by atoms with Gasteiger partial charge in [-0.1, -0.05) is 57.7 Å². The highest BCUT2D eigenvalue weighted by molar-refractivity contribution is 9.10. The Balaban J connectivity index is 2.83. The van der Waals surface area contributed by atoms with Crippen LogP contribution < -0.4 is 10.7 Å². The van der Waals surface area contributed by atoms with E-state index in [0.717, 1.165) is 12.5 Å². The van der Waals surface area contributed by atoms with Gasteiger partial charge < -0.3 is 4.74 Å². The van der Waals surface area contributed by atoms with Crippen LogP contribution in [0.1, 0.15) is 20.3 Å². The highest BCUT2D eigenvalue weighted by atomic mass is 79.9. The number of alkyl halides is 4. The van der Waals surface area contributed by atoms with Crippen LogP contribution in [0.5, 0.6) is 0 Å². The molecule has 1 aromatic carbocycles. The molecule has 1 amide bonds. The van der Waals surface area contributed by atoms with Gasteiger partial charge in [-0.15, -0.1) is 0 Å². The Morgan fingerprint density at radius 1 is 1.46 bits per heavy atom. The Morgan fingerprint density at radius 2 is 2.15 bits per heavy atom. The molecule has 0 aromatic heterocycles. The topological polar surface area (TPSA) is 75.1 Å². The average Bonchev–Trinajstić information content (AvgIpc) is 2.54. The van der Waals surface area contributed by atoms with E-state index < -0.39 is 22.3 Å². The molecule has 144 valence electrons. The van der Waals surface area contributed by atoms with Gasteiger partial charge in [-0.2, -0.15) is 5.10 Å². The second-order valence-corrected chi connectivity index (χ2v) is 8.82. The highest BCUT2D eigenvalue weighted by Crippen LogP contribution is 2.26. The summed E-state index contributed by atoms with van der Waals surface area (Å²) in [5, 5.41) is 6.46. The lowest BCUT2D eigenvalue weighted by Gasteiger charge is -2.13. The smallest absolute Gasteiger partial charge is 0.411 e. The summed E-state index contributed by atoms with van der Waals surface area (Å²) in [5.74, 6) is -0.123. The van der Waals surface area contributed by atoms with Crippen LogP contribution in [0.2, 0.25) is 0 Å². The molecule has 0 bridgehead atoms. The van der Waals surface area contributed by atoms with Crippen molar-refractivity contribution in [1.82, 2.24) is 0 Å². The van der Waals surface area contributed by atoms with E-state index in [2.05, 4.69) is 36.8 Å². The maximum atomic E-state index is 13.9. The molecule has 0 fully saturated rings. The molecule has 11 heteroatoms. The molecule has 0 saturated heterocycles. The number of benzene rings is 1. The van der Waals surface area contributed by atoms with Gasteiger partial charge in [0.2, 0.25) is 3.79 Å². The molecule has 0 aliphatic rings. The van der Waals surface area contributed by atoms with Crippen molar-refractivity contribution in [3.05, 3.63) is 24.0 Å². The quantitative estimate of drug-likeness (QED) is 0.231. The van der Waals surface area contributed by atoms with E-state index >= 15 is 0 Å². The predicted octanol–water partition coefficient (Wildman–Crippen LogP) is 5.73. The number of ether oxygens (including phenoxy) is 1. The van der Waals surface area contributed by atoms with Gasteiger partial charge >= 0.3 is 6.09 Å². The number of amidine groups is 1. The van der Waals surface area contributed by atoms with E-state index in [4.69, 9.17) is 39.5 Å². The lowest BCUT2D eigenvalue weighted by molar-refractivity contribution is 0.164. The number of carbonyl (C=O) groups is 1. The first-order valence-corrected chi connectivity index (χ1v) is 9.47. The minimum absolute atomic E-state index is 0.0431. The first kappa shape index (κ1) is 23.0. The Kier molecular flexibility index (Phi) is 9.63. The molecule has 0 radical (unpaired) electrons. The molecule has 1 atom stereocenters. The molecule has 26 heavy (non-hydrogen) atoms. The van der Waals surface area contributed by atoms with Crippen molar-refractivity contribution >= 4 is 80.3 Å². The standard InChI is InChI=1S/C15H17BrCl3FN4O2/c1-3-6-21-13(9(2)16)24-23-12-7-10(4-5-11(12)20)22-14(25)26-8-15(17,18)19/h4-7,9,23H,3,8H2,1-2H3,(H,22,25)/b21-6?,24-13+. The fourth-order valence-electron chi connectivity index (χ4n) is 1.51. The Morgan fingerprint density at radius 3 is 2.73 bits per heavy atom. The first-order valence-electron chi connectivity index (χ1n) is 7.42. The predicted molar refractivity (Wildman–Crippen MR) is 110 cm³/mol. The number of hydrogen-bond acceptors (Lipinski definition) is 4. The van der Waals surface area contributed by atoms with E-state index in [0.29, 0.717) is 5.84 Å². The van der Waals surface area contributed by atoms with E-state index in [-0.39, 0.29) is 16.2 Å². The minimum Gasteiger partial charge on any atom is -0.445 e. The van der Waals surface area contributed by atoms with Crippen LogP contribution in [-0.2, 0) is 4.74 Å². The summed E-state index contributed by atoms with van der Waals surface area (Å²) in [7, 11) is 0. The fourth-order valence-corrected chi connectivity index (χ4v) is 1.90. The van der Waals surface area contributed by atoms with Crippen molar-refractivity contribution in [2.45, 2.75) is 28.9 Å². The number of amides is 1. The molecule has 0 aliphatic heterocycles. The lowest BCUT2D eigenvalue weighted by Crippen LogP contribution is -2.21. The number of halogens is 5. The normalized spacial score (nSPS) is 13.6. The highest BCUT2D eigenvalue weighted by Gasteiger charge is 2.22. The van der Waals surface area contributed by atoms with Crippen LogP contribution in [0.15, 0.2) is 28.3 Å². The Labute approximate surface area is 174 Å². The van der Waals surface area contributed by atoms with E-state index in [1.807, 2.05) is 13.8 Å². The van der Waals surface area contributed by atoms with Crippen molar-refractivity contribution in [2.24, 2.45) is 10.1 Å². The molecule has 0 spiro atoms. The second-order valence-electron chi connectivity index (χ2n) is 4.93. The van der Waals surface area contributed by atoms with E-state index in [1.54, 1.807) is 6.21 Å². The van der Waals surface area contributed by atoms with Gasteiger partial charge in [-0.25, -0.2) is 14.2 Å². The van der Waals surface area contributed by atoms with Gasteiger partial charge in [0.15, 0.2) is 5.84 Å². The first-order chi connectivity index (χ1) is 12.1. The van der Waals surface area contributed by atoms with Crippen LogP contribution in [0.4, 0.5) is 20.6 Å². The molecule has 1 aromatic rings. The van der Waals surface area contributed by atoms with Gasteiger partial charge in [0, 0.05) is 11.9 Å². The summed E-state index contributed by atoms with van der Waals surface area (Å²) in [5.41, 5.74) is 2.90. The van der Waals surface area contributed by atoms with Crippen LogP contribution in [0, 0.1) is 5.82 Å². The molecule has 6 nitrogen and oxygen atoms in total. The minimum atomic E-state index is -1.72. The van der Waals surface area contributed by atoms with Gasteiger partial charge in [0.1, 0.15) is 12.4 Å². The Bertz CT molecular complexity index is 681. The zero-order valence-corrected chi connectivity index (χ0v) is 17.8. The van der Waals surface area contributed by atoms with Gasteiger partial charge in [0.05, 0.1) is 10.5 Å². The van der Waals surface area contributed by atoms with Crippen LogP contribution in [0.25, 0.3) is 0 Å². The molecule has 2 N–H and O–H groups in total. The number of nitrogens with one attached hydrogen (secondary N) is 2. The third kappa shape index (κ3) is 9.02. The third-order valence-electron chi connectivity index (χ3n) is 2.63. The van der Waals surface area contributed by atoms with Crippen molar-refractivity contribution in [3.63, 3.8) is 0 Å². The maximum absolute atomic E-state index is 13.9. The SMILES string of the molecule is CCC=N/C(=N/Nc1cc(NC(=O)OCC(Cl)(Cl)Cl)ccc1F)C(C)Br. The molecule has 0 heterocycles. The zero-order chi connectivity index (χ0) is 19.7. The Hall–Kier alpha value is -1.09. The number of carbonyl (C=O) groups excluding carboxylic acids is 1. The molecule has 1 rings (SSSR count). The van der Waals surface area contributed by atoms with Gasteiger partial charge in [-0.3, -0.25) is 10.7 Å². The van der Waals surface area contributed by atoms with Gasteiger partial charge in [0.25, 0.3) is 0 Å². The maximum Gasteiger partial charge on any atom is 0.411 e. The average molecular weight is 491 g/mol. The van der Waals surface area contributed by atoms with Crippen molar-refractivity contribution in [3.8, 4) is 0 Å². The lowest BCUT2D eigenvalue weighted by atomic mass is 10.2. The molecular weight excluding hydrogens is 473 g/mol. The number of anilines is 2. The number of hydrazone groups is 1. The van der Waals surface area contributed by atoms with Crippen molar-refractivity contribution in [1.29, 1.82) is 0 Å². The number of aliphatic imine (C=N–C) groups is 1. The molecule has 0 saturated carbocycles. The monoisotopic (exact) mass is 488 g/mol. The summed E-state index contributed by atoms with van der Waals surface area (Å²) >= 11 is 19.8. The summed E-state index contributed by atoms with van der Waals surface area (Å²) in [6.45, 7) is 3.34. The van der Waals surface area contributed by atoms with E-state index in [9.17, 15) is 9.18 Å². The molecule has 0 aliphatic carbocycles.